The van der Waals surface area contributed by atoms with Crippen LogP contribution in [0.4, 0.5) is 13.2 Å². The molecule has 1 aliphatic carbocycles. The van der Waals surface area contributed by atoms with Gasteiger partial charge >= 0.3 is 6.18 Å². The molecule has 3 rings (SSSR count). The molecule has 1 saturated heterocycles. The summed E-state index contributed by atoms with van der Waals surface area (Å²) in [7, 11) is 0. The maximum atomic E-state index is 13.4. The van der Waals surface area contributed by atoms with E-state index in [1.165, 1.54) is 0 Å². The third-order valence-electron chi connectivity index (χ3n) is 4.99. The summed E-state index contributed by atoms with van der Waals surface area (Å²) in [6.07, 6.45) is 1.81. The predicted molar refractivity (Wildman–Crippen MR) is 79.0 cm³/mol. The number of aromatic nitrogens is 2. The lowest BCUT2D eigenvalue weighted by molar-refractivity contribution is -0.145. The van der Waals surface area contributed by atoms with Crippen LogP contribution in [0.25, 0.3) is 0 Å². The van der Waals surface area contributed by atoms with Crippen molar-refractivity contribution >= 4 is 5.91 Å². The number of nitrogens with zero attached hydrogens (tertiary/aromatic N) is 3. The Balaban J connectivity index is 1.88. The van der Waals surface area contributed by atoms with Crippen molar-refractivity contribution in [1.29, 1.82) is 0 Å². The number of fused-ring (bicyclic) bond motifs is 1. The second-order valence-electron chi connectivity index (χ2n) is 6.87. The van der Waals surface area contributed by atoms with Crippen LogP contribution in [-0.4, -0.2) is 33.2 Å². The molecule has 2 heterocycles. The van der Waals surface area contributed by atoms with E-state index in [1.54, 1.807) is 18.7 Å². The highest BCUT2D eigenvalue weighted by molar-refractivity contribution is 5.96. The van der Waals surface area contributed by atoms with Gasteiger partial charge in [-0.1, -0.05) is 19.3 Å². The third kappa shape index (κ3) is 2.85. The maximum absolute atomic E-state index is 13.4. The molecule has 1 aromatic heterocycles. The minimum atomic E-state index is -4.58. The molecule has 1 aromatic rings. The Morgan fingerprint density at radius 1 is 1.26 bits per heavy atom. The van der Waals surface area contributed by atoms with Crippen molar-refractivity contribution in [1.82, 2.24) is 14.7 Å². The Morgan fingerprint density at radius 3 is 2.61 bits per heavy atom. The molecular formula is C16H22F3N3O. The van der Waals surface area contributed by atoms with Gasteiger partial charge in [0.1, 0.15) is 0 Å². The molecule has 4 nitrogen and oxygen atoms in total. The SMILES string of the molecule is CC(C)n1ncc(C(=O)N2C[C@@H]3CCCCC[C@H]32)c1C(F)(F)F. The molecule has 0 bridgehead atoms. The fraction of sp³-hybridized carbons (Fsp3) is 0.750. The van der Waals surface area contributed by atoms with E-state index in [1.807, 2.05) is 0 Å². The van der Waals surface area contributed by atoms with Gasteiger partial charge in [0.25, 0.3) is 5.91 Å². The van der Waals surface area contributed by atoms with Crippen LogP contribution in [0.3, 0.4) is 0 Å². The van der Waals surface area contributed by atoms with E-state index >= 15 is 0 Å². The number of likely N-dealkylation sites (tertiary alicyclic amines) is 1. The van der Waals surface area contributed by atoms with E-state index in [0.29, 0.717) is 12.5 Å². The normalized spacial score (nSPS) is 25.0. The average molecular weight is 329 g/mol. The molecule has 2 aliphatic rings. The van der Waals surface area contributed by atoms with Crippen LogP contribution >= 0.6 is 0 Å². The van der Waals surface area contributed by atoms with Crippen molar-refractivity contribution in [3.8, 4) is 0 Å². The Bertz CT molecular complexity index is 594. The molecule has 0 N–H and O–H groups in total. The zero-order valence-electron chi connectivity index (χ0n) is 13.4. The molecule has 2 atom stereocenters. The molecule has 2 fully saturated rings. The van der Waals surface area contributed by atoms with Gasteiger partial charge in [-0.25, -0.2) is 0 Å². The Kier molecular flexibility index (Phi) is 4.14. The largest absolute Gasteiger partial charge is 0.433 e. The highest BCUT2D eigenvalue weighted by Crippen LogP contribution is 2.39. The van der Waals surface area contributed by atoms with Crippen LogP contribution in [0.2, 0.25) is 0 Å². The number of carbonyl (C=O) groups excluding carboxylic acids is 1. The van der Waals surface area contributed by atoms with Gasteiger partial charge in [-0.3, -0.25) is 9.48 Å². The number of carbonyl (C=O) groups is 1. The van der Waals surface area contributed by atoms with Crippen molar-refractivity contribution in [2.45, 2.75) is 64.2 Å². The van der Waals surface area contributed by atoms with Crippen molar-refractivity contribution < 1.29 is 18.0 Å². The van der Waals surface area contributed by atoms with Crippen LogP contribution in [0, 0.1) is 5.92 Å². The highest BCUT2D eigenvalue weighted by atomic mass is 19.4. The first-order valence-corrected chi connectivity index (χ1v) is 8.26. The van der Waals surface area contributed by atoms with E-state index in [-0.39, 0.29) is 11.6 Å². The molecule has 0 spiro atoms. The van der Waals surface area contributed by atoms with E-state index in [4.69, 9.17) is 0 Å². The lowest BCUT2D eigenvalue weighted by atomic mass is 9.84. The molecule has 7 heteroatoms. The van der Waals surface area contributed by atoms with Gasteiger partial charge in [0.15, 0.2) is 5.69 Å². The van der Waals surface area contributed by atoms with Gasteiger partial charge in [-0.05, 0) is 32.6 Å². The summed E-state index contributed by atoms with van der Waals surface area (Å²) in [5.74, 6) is -0.0664. The Morgan fingerprint density at radius 2 is 1.96 bits per heavy atom. The summed E-state index contributed by atoms with van der Waals surface area (Å²) in [4.78, 5) is 14.3. The van der Waals surface area contributed by atoms with Gasteiger partial charge in [0.05, 0.1) is 11.8 Å². The Hall–Kier alpha value is -1.53. The first kappa shape index (κ1) is 16.3. The first-order valence-electron chi connectivity index (χ1n) is 8.26. The number of halogens is 3. The zero-order chi connectivity index (χ0) is 16.8. The molecule has 1 saturated carbocycles. The minimum absolute atomic E-state index is 0.105. The number of hydrogen-bond acceptors (Lipinski definition) is 2. The van der Waals surface area contributed by atoms with E-state index in [9.17, 15) is 18.0 Å². The van der Waals surface area contributed by atoms with Gasteiger partial charge < -0.3 is 4.90 Å². The smallest absolute Gasteiger partial charge is 0.335 e. The monoisotopic (exact) mass is 329 g/mol. The van der Waals surface area contributed by atoms with Gasteiger partial charge in [-0.15, -0.1) is 0 Å². The van der Waals surface area contributed by atoms with Crippen molar-refractivity contribution in [2.24, 2.45) is 5.92 Å². The van der Waals surface area contributed by atoms with Crippen LogP contribution < -0.4 is 0 Å². The van der Waals surface area contributed by atoms with Crippen LogP contribution in [0.5, 0.6) is 0 Å². The van der Waals surface area contributed by atoms with Crippen LogP contribution in [0.1, 0.15) is 68.0 Å². The molecule has 0 unspecified atom stereocenters. The molecular weight excluding hydrogens is 307 g/mol. The molecule has 1 aliphatic heterocycles. The first-order chi connectivity index (χ1) is 10.8. The van der Waals surface area contributed by atoms with Crippen LogP contribution in [-0.2, 0) is 6.18 Å². The van der Waals surface area contributed by atoms with Crippen LogP contribution in [0.15, 0.2) is 6.20 Å². The van der Waals surface area contributed by atoms with Gasteiger partial charge in [0.2, 0.25) is 0 Å². The number of amides is 1. The molecule has 1 amide bonds. The summed E-state index contributed by atoms with van der Waals surface area (Å²) in [5.41, 5.74) is -1.23. The quantitative estimate of drug-likeness (QED) is 0.826. The molecule has 0 radical (unpaired) electrons. The summed E-state index contributed by atoms with van der Waals surface area (Å²) in [6, 6.07) is -0.344. The summed E-state index contributed by atoms with van der Waals surface area (Å²) in [6.45, 7) is 3.83. The Labute approximate surface area is 133 Å². The fourth-order valence-electron chi connectivity index (χ4n) is 3.82. The van der Waals surface area contributed by atoms with Crippen molar-refractivity contribution in [2.75, 3.05) is 6.54 Å². The minimum Gasteiger partial charge on any atom is -0.335 e. The van der Waals surface area contributed by atoms with E-state index in [0.717, 1.165) is 43.0 Å². The second kappa shape index (κ2) is 5.83. The van der Waals surface area contributed by atoms with E-state index in [2.05, 4.69) is 5.10 Å². The zero-order valence-corrected chi connectivity index (χ0v) is 13.4. The standard InChI is InChI=1S/C16H22F3N3O/c1-10(2)22-14(16(17,18)19)12(8-20-22)15(23)21-9-11-6-4-3-5-7-13(11)21/h8,10-11,13H,3-7,9H2,1-2H3/t11-,13+/m0/s1. The molecule has 23 heavy (non-hydrogen) atoms. The highest BCUT2D eigenvalue weighted by Gasteiger charge is 2.46. The summed E-state index contributed by atoms with van der Waals surface area (Å²) >= 11 is 0. The topological polar surface area (TPSA) is 38.1 Å². The van der Waals surface area contributed by atoms with Gasteiger partial charge in [0, 0.05) is 18.6 Å². The lowest BCUT2D eigenvalue weighted by Crippen LogP contribution is -2.58. The third-order valence-corrected chi connectivity index (χ3v) is 4.99. The predicted octanol–water partition coefficient (Wildman–Crippen LogP) is 3.89. The lowest BCUT2D eigenvalue weighted by Gasteiger charge is -2.47. The molecule has 0 aromatic carbocycles. The fourth-order valence-corrected chi connectivity index (χ4v) is 3.82. The number of hydrogen-bond donors (Lipinski definition) is 0. The number of rotatable bonds is 2. The average Bonchev–Trinajstić information content (AvgIpc) is 2.81. The second-order valence-corrected chi connectivity index (χ2v) is 6.87. The van der Waals surface area contributed by atoms with E-state index < -0.39 is 23.8 Å². The summed E-state index contributed by atoms with van der Waals surface area (Å²) in [5, 5.41) is 3.82. The summed E-state index contributed by atoms with van der Waals surface area (Å²) < 4.78 is 41.1. The maximum Gasteiger partial charge on any atom is 0.433 e. The van der Waals surface area contributed by atoms with Gasteiger partial charge in [-0.2, -0.15) is 18.3 Å². The van der Waals surface area contributed by atoms with Crippen molar-refractivity contribution in [3.05, 3.63) is 17.5 Å². The number of alkyl halides is 3. The molecule has 128 valence electrons. The van der Waals surface area contributed by atoms with Crippen molar-refractivity contribution in [3.63, 3.8) is 0 Å².